The molecule has 0 aromatic heterocycles. The van der Waals surface area contributed by atoms with E-state index in [1.807, 2.05) is 6.92 Å². The molecule has 4 N–H and O–H groups in total. The Kier molecular flexibility index (Phi) is 6.18. The molecule has 0 fully saturated rings. The summed E-state index contributed by atoms with van der Waals surface area (Å²) >= 11 is 0. The largest absolute Gasteiger partial charge is 0.507 e. The van der Waals surface area contributed by atoms with Crippen LogP contribution in [-0.2, 0) is 0 Å². The average molecular weight is 252 g/mol. The van der Waals surface area contributed by atoms with Gasteiger partial charge in [0.05, 0.1) is 11.7 Å². The van der Waals surface area contributed by atoms with Crippen LogP contribution in [0.5, 0.6) is 5.75 Å². The number of para-hydroxylation sites is 1. The number of rotatable bonds is 7. The molecule has 1 rings (SSSR count). The maximum Gasteiger partial charge on any atom is 0.255 e. The Morgan fingerprint density at radius 3 is 2.72 bits per heavy atom. The average Bonchev–Trinajstić information content (AvgIpc) is 2.38. The number of aliphatic hydroxyl groups excluding tert-OH is 1. The van der Waals surface area contributed by atoms with Crippen LogP contribution in [0.15, 0.2) is 24.3 Å². The van der Waals surface area contributed by atoms with E-state index in [-0.39, 0.29) is 23.3 Å². The molecule has 5 nitrogen and oxygen atoms in total. The number of carbonyl (C=O) groups is 1. The molecule has 1 aromatic carbocycles. The first-order valence-corrected chi connectivity index (χ1v) is 6.10. The molecular weight excluding hydrogens is 232 g/mol. The van der Waals surface area contributed by atoms with Gasteiger partial charge in [0.15, 0.2) is 0 Å². The zero-order valence-corrected chi connectivity index (χ0v) is 10.5. The predicted molar refractivity (Wildman–Crippen MR) is 69.6 cm³/mol. The number of hydrogen-bond acceptors (Lipinski definition) is 4. The molecular formula is C13H20N2O3. The van der Waals surface area contributed by atoms with Crippen molar-refractivity contribution < 1.29 is 15.0 Å². The summed E-state index contributed by atoms with van der Waals surface area (Å²) in [5.41, 5.74) is 0.270. The van der Waals surface area contributed by atoms with Gasteiger partial charge in [-0.25, -0.2) is 0 Å². The third-order valence-electron chi connectivity index (χ3n) is 2.59. The summed E-state index contributed by atoms with van der Waals surface area (Å²) in [5, 5.41) is 24.5. The lowest BCUT2D eigenvalue weighted by Crippen LogP contribution is -2.35. The van der Waals surface area contributed by atoms with Gasteiger partial charge in [-0.15, -0.1) is 0 Å². The maximum absolute atomic E-state index is 11.7. The third-order valence-corrected chi connectivity index (χ3v) is 2.59. The van der Waals surface area contributed by atoms with Crippen molar-refractivity contribution in [3.8, 4) is 5.75 Å². The summed E-state index contributed by atoms with van der Waals surface area (Å²) < 4.78 is 0. The first-order valence-electron chi connectivity index (χ1n) is 6.10. The topological polar surface area (TPSA) is 81.6 Å². The number of aliphatic hydroxyl groups is 1. The van der Waals surface area contributed by atoms with Crippen LogP contribution >= 0.6 is 0 Å². The molecule has 18 heavy (non-hydrogen) atoms. The van der Waals surface area contributed by atoms with Gasteiger partial charge in [0.25, 0.3) is 5.91 Å². The van der Waals surface area contributed by atoms with Crippen molar-refractivity contribution in [3.63, 3.8) is 0 Å². The summed E-state index contributed by atoms with van der Waals surface area (Å²) in [5.74, 6) is -0.324. The number of amides is 1. The second-order valence-electron chi connectivity index (χ2n) is 4.04. The normalized spacial score (nSPS) is 12.1. The SMILES string of the molecule is CCC(O)CNCCNC(=O)c1ccccc1O. The summed E-state index contributed by atoms with van der Waals surface area (Å²) in [6.45, 7) is 3.45. The molecule has 1 unspecified atom stereocenters. The van der Waals surface area contributed by atoms with Gasteiger partial charge in [-0.05, 0) is 18.6 Å². The van der Waals surface area contributed by atoms with E-state index in [2.05, 4.69) is 10.6 Å². The Morgan fingerprint density at radius 2 is 2.06 bits per heavy atom. The highest BCUT2D eigenvalue weighted by Crippen LogP contribution is 2.14. The van der Waals surface area contributed by atoms with E-state index in [0.717, 1.165) is 0 Å². The molecule has 0 aliphatic rings. The van der Waals surface area contributed by atoms with Crippen LogP contribution in [0.3, 0.4) is 0 Å². The van der Waals surface area contributed by atoms with Gasteiger partial charge in [-0.3, -0.25) is 4.79 Å². The van der Waals surface area contributed by atoms with E-state index in [1.165, 1.54) is 6.07 Å². The number of aromatic hydroxyl groups is 1. The highest BCUT2D eigenvalue weighted by molar-refractivity contribution is 5.96. The second-order valence-corrected chi connectivity index (χ2v) is 4.04. The fourth-order valence-corrected chi connectivity index (χ4v) is 1.44. The highest BCUT2D eigenvalue weighted by Gasteiger charge is 2.08. The number of hydrogen-bond donors (Lipinski definition) is 4. The summed E-state index contributed by atoms with van der Waals surface area (Å²) in [4.78, 5) is 11.7. The molecule has 0 radical (unpaired) electrons. The highest BCUT2D eigenvalue weighted by atomic mass is 16.3. The lowest BCUT2D eigenvalue weighted by atomic mass is 10.2. The van der Waals surface area contributed by atoms with Crippen LogP contribution in [0, 0.1) is 0 Å². The lowest BCUT2D eigenvalue weighted by molar-refractivity contribution is 0.0951. The van der Waals surface area contributed by atoms with E-state index >= 15 is 0 Å². The van der Waals surface area contributed by atoms with Crippen LogP contribution in [-0.4, -0.2) is 41.9 Å². The Morgan fingerprint density at radius 1 is 1.33 bits per heavy atom. The first kappa shape index (κ1) is 14.5. The second kappa shape index (κ2) is 7.68. The quantitative estimate of drug-likeness (QED) is 0.532. The zero-order chi connectivity index (χ0) is 13.4. The van der Waals surface area contributed by atoms with Crippen molar-refractivity contribution in [1.82, 2.24) is 10.6 Å². The number of benzene rings is 1. The van der Waals surface area contributed by atoms with Gasteiger partial charge in [0.2, 0.25) is 0 Å². The van der Waals surface area contributed by atoms with Crippen molar-refractivity contribution >= 4 is 5.91 Å². The summed E-state index contributed by atoms with van der Waals surface area (Å²) in [6.07, 6.45) is 0.357. The smallest absolute Gasteiger partial charge is 0.255 e. The van der Waals surface area contributed by atoms with Crippen molar-refractivity contribution in [3.05, 3.63) is 29.8 Å². The molecule has 0 spiro atoms. The van der Waals surface area contributed by atoms with Crippen molar-refractivity contribution in [2.45, 2.75) is 19.4 Å². The minimum absolute atomic E-state index is 0.0237. The van der Waals surface area contributed by atoms with Gasteiger partial charge >= 0.3 is 0 Å². The molecule has 1 aromatic rings. The van der Waals surface area contributed by atoms with Gasteiger partial charge < -0.3 is 20.8 Å². The van der Waals surface area contributed by atoms with E-state index in [0.29, 0.717) is 26.1 Å². The monoisotopic (exact) mass is 252 g/mol. The first-order chi connectivity index (χ1) is 8.65. The van der Waals surface area contributed by atoms with Gasteiger partial charge in [0, 0.05) is 19.6 Å². The Bertz CT molecular complexity index is 382. The molecule has 0 saturated carbocycles. The van der Waals surface area contributed by atoms with Crippen molar-refractivity contribution in [2.24, 2.45) is 0 Å². The van der Waals surface area contributed by atoms with Crippen LogP contribution in [0.1, 0.15) is 23.7 Å². The van der Waals surface area contributed by atoms with Gasteiger partial charge in [-0.2, -0.15) is 0 Å². The van der Waals surface area contributed by atoms with E-state index in [4.69, 9.17) is 0 Å². The van der Waals surface area contributed by atoms with Crippen LogP contribution in [0.25, 0.3) is 0 Å². The van der Waals surface area contributed by atoms with Crippen molar-refractivity contribution in [1.29, 1.82) is 0 Å². The lowest BCUT2D eigenvalue weighted by Gasteiger charge is -2.10. The summed E-state index contributed by atoms with van der Waals surface area (Å²) in [6, 6.07) is 6.41. The number of nitrogens with one attached hydrogen (secondary N) is 2. The molecule has 0 bridgehead atoms. The number of carbonyl (C=O) groups excluding carboxylic acids is 1. The zero-order valence-electron chi connectivity index (χ0n) is 10.5. The summed E-state index contributed by atoms with van der Waals surface area (Å²) in [7, 11) is 0. The van der Waals surface area contributed by atoms with Gasteiger partial charge in [0.1, 0.15) is 5.75 Å². The Balaban J connectivity index is 2.24. The molecule has 1 atom stereocenters. The van der Waals surface area contributed by atoms with E-state index in [9.17, 15) is 15.0 Å². The number of phenolic OH excluding ortho intramolecular Hbond substituents is 1. The van der Waals surface area contributed by atoms with Crippen LogP contribution in [0.2, 0.25) is 0 Å². The van der Waals surface area contributed by atoms with Crippen LogP contribution < -0.4 is 10.6 Å². The maximum atomic E-state index is 11.7. The Hall–Kier alpha value is -1.59. The molecule has 1 amide bonds. The Labute approximate surface area is 107 Å². The minimum atomic E-state index is -0.348. The van der Waals surface area contributed by atoms with Gasteiger partial charge in [-0.1, -0.05) is 19.1 Å². The molecule has 0 heterocycles. The van der Waals surface area contributed by atoms with E-state index in [1.54, 1.807) is 18.2 Å². The van der Waals surface area contributed by atoms with Crippen LogP contribution in [0.4, 0.5) is 0 Å². The number of phenols is 1. The fraction of sp³-hybridized carbons (Fsp3) is 0.462. The fourth-order valence-electron chi connectivity index (χ4n) is 1.44. The molecule has 5 heteroatoms. The third kappa shape index (κ3) is 4.73. The molecule has 0 aliphatic heterocycles. The van der Waals surface area contributed by atoms with Crippen molar-refractivity contribution in [2.75, 3.05) is 19.6 Å². The van der Waals surface area contributed by atoms with E-state index < -0.39 is 0 Å². The standard InChI is InChI=1S/C13H20N2O3/c1-2-10(16)9-14-7-8-15-13(18)11-5-3-4-6-12(11)17/h3-6,10,14,16-17H,2,7-9H2,1H3,(H,15,18). The molecule has 0 aliphatic carbocycles. The predicted octanol–water partition coefficient (Wildman–Crippen LogP) is 0.483. The minimum Gasteiger partial charge on any atom is -0.507 e. The molecule has 0 saturated heterocycles. The molecule has 100 valence electrons.